The Kier molecular flexibility index (Phi) is 6.45. The summed E-state index contributed by atoms with van der Waals surface area (Å²) in [5.74, 6) is -0.0415. The zero-order valence-corrected chi connectivity index (χ0v) is 15.6. The number of carbonyl (C=O) groups is 1. The number of benzene rings is 2. The van der Waals surface area contributed by atoms with Gasteiger partial charge in [0.25, 0.3) is 0 Å². The molecule has 3 aromatic rings. The van der Waals surface area contributed by atoms with Crippen molar-refractivity contribution in [1.82, 2.24) is 10.3 Å². The van der Waals surface area contributed by atoms with Crippen LogP contribution in [0.3, 0.4) is 0 Å². The fraction of sp³-hybridized carbons (Fsp3) is 0.200. The molecule has 2 N–H and O–H groups in total. The summed E-state index contributed by atoms with van der Waals surface area (Å²) in [6.07, 6.45) is 2.89. The van der Waals surface area contributed by atoms with Gasteiger partial charge in [-0.15, -0.1) is 0 Å². The molecule has 26 heavy (non-hydrogen) atoms. The van der Waals surface area contributed by atoms with Crippen molar-refractivity contribution in [2.75, 3.05) is 18.4 Å². The predicted octanol–water partition coefficient (Wildman–Crippen LogP) is 4.70. The highest BCUT2D eigenvalue weighted by molar-refractivity contribution is 6.35. The van der Waals surface area contributed by atoms with E-state index in [-0.39, 0.29) is 5.91 Å². The van der Waals surface area contributed by atoms with Crippen LogP contribution in [0.15, 0.2) is 54.7 Å². The Morgan fingerprint density at radius 1 is 1.04 bits per heavy atom. The summed E-state index contributed by atoms with van der Waals surface area (Å²) in [5.41, 5.74) is 2.57. The molecule has 4 nitrogen and oxygen atoms in total. The summed E-state index contributed by atoms with van der Waals surface area (Å²) in [4.78, 5) is 16.5. The average Bonchev–Trinajstić information content (AvgIpc) is 2.63. The third-order valence-corrected chi connectivity index (χ3v) is 4.61. The molecule has 1 heterocycles. The molecule has 1 amide bonds. The van der Waals surface area contributed by atoms with Crippen molar-refractivity contribution in [3.05, 3.63) is 70.3 Å². The quantitative estimate of drug-likeness (QED) is 0.577. The minimum Gasteiger partial charge on any atom is -0.324 e. The summed E-state index contributed by atoms with van der Waals surface area (Å²) in [5, 5.41) is 8.49. The molecular weight excluding hydrogens is 369 g/mol. The van der Waals surface area contributed by atoms with Crippen LogP contribution in [0, 0.1) is 0 Å². The number of carbonyl (C=O) groups excluding carboxylic acids is 1. The highest BCUT2D eigenvalue weighted by Crippen LogP contribution is 2.21. The second-order valence-electron chi connectivity index (χ2n) is 5.91. The van der Waals surface area contributed by atoms with Gasteiger partial charge in [0.1, 0.15) is 0 Å². The summed E-state index contributed by atoms with van der Waals surface area (Å²) in [7, 11) is 0. The summed E-state index contributed by atoms with van der Waals surface area (Å²) >= 11 is 12.0. The van der Waals surface area contributed by atoms with Gasteiger partial charge in [0.15, 0.2) is 0 Å². The lowest BCUT2D eigenvalue weighted by Crippen LogP contribution is -2.23. The van der Waals surface area contributed by atoms with Gasteiger partial charge in [0, 0.05) is 34.6 Å². The SMILES string of the molecule is O=C(CCNCCc1ccc(Cl)cc1Cl)Nc1cccc2cccnc12. The zero-order valence-electron chi connectivity index (χ0n) is 14.1. The number of hydrogen-bond donors (Lipinski definition) is 2. The maximum atomic E-state index is 12.2. The predicted molar refractivity (Wildman–Crippen MR) is 108 cm³/mol. The normalized spacial score (nSPS) is 10.8. The number of nitrogens with zero attached hydrogens (tertiary/aromatic N) is 1. The third-order valence-electron chi connectivity index (χ3n) is 4.02. The number of fused-ring (bicyclic) bond motifs is 1. The molecule has 134 valence electrons. The molecule has 6 heteroatoms. The van der Waals surface area contributed by atoms with Crippen molar-refractivity contribution < 1.29 is 4.79 Å². The van der Waals surface area contributed by atoms with Crippen LogP contribution in [0.4, 0.5) is 5.69 Å². The summed E-state index contributed by atoms with van der Waals surface area (Å²) in [6, 6.07) is 15.1. The summed E-state index contributed by atoms with van der Waals surface area (Å²) in [6.45, 7) is 1.33. The molecule has 0 aliphatic carbocycles. The van der Waals surface area contributed by atoms with E-state index in [2.05, 4.69) is 15.6 Å². The van der Waals surface area contributed by atoms with Gasteiger partial charge in [0.05, 0.1) is 11.2 Å². The average molecular weight is 388 g/mol. The van der Waals surface area contributed by atoms with Gasteiger partial charge in [-0.25, -0.2) is 0 Å². The van der Waals surface area contributed by atoms with Gasteiger partial charge in [-0.1, -0.05) is 47.5 Å². The van der Waals surface area contributed by atoms with Crippen molar-refractivity contribution in [1.29, 1.82) is 0 Å². The lowest BCUT2D eigenvalue weighted by Gasteiger charge is -2.09. The second-order valence-corrected chi connectivity index (χ2v) is 6.76. The molecule has 0 bridgehead atoms. The number of rotatable bonds is 7. The molecule has 0 fully saturated rings. The first-order valence-corrected chi connectivity index (χ1v) is 9.17. The number of hydrogen-bond acceptors (Lipinski definition) is 3. The van der Waals surface area contributed by atoms with E-state index in [1.807, 2.05) is 42.5 Å². The number of halogens is 2. The zero-order chi connectivity index (χ0) is 18.4. The number of amides is 1. The molecule has 0 saturated heterocycles. The molecule has 0 aliphatic heterocycles. The monoisotopic (exact) mass is 387 g/mol. The fourth-order valence-electron chi connectivity index (χ4n) is 2.69. The molecule has 0 radical (unpaired) electrons. The van der Waals surface area contributed by atoms with E-state index in [1.165, 1.54) is 0 Å². The minimum absolute atomic E-state index is 0.0415. The number of aromatic nitrogens is 1. The van der Waals surface area contributed by atoms with Gasteiger partial charge in [-0.2, -0.15) is 0 Å². The van der Waals surface area contributed by atoms with E-state index in [0.717, 1.165) is 35.1 Å². The Bertz CT molecular complexity index is 909. The Morgan fingerprint density at radius 3 is 2.73 bits per heavy atom. The van der Waals surface area contributed by atoms with Crippen LogP contribution in [0.25, 0.3) is 10.9 Å². The van der Waals surface area contributed by atoms with Crippen LogP contribution in [0.5, 0.6) is 0 Å². The van der Waals surface area contributed by atoms with Crippen LogP contribution in [0.1, 0.15) is 12.0 Å². The van der Waals surface area contributed by atoms with Crippen LogP contribution in [0.2, 0.25) is 10.0 Å². The second kappa shape index (κ2) is 8.99. The third kappa shape index (κ3) is 4.94. The van der Waals surface area contributed by atoms with Crippen molar-refractivity contribution >= 4 is 45.7 Å². The highest BCUT2D eigenvalue weighted by Gasteiger charge is 2.06. The van der Waals surface area contributed by atoms with Crippen LogP contribution in [-0.2, 0) is 11.2 Å². The standard InChI is InChI=1S/C20H19Cl2N3O/c21-16-7-6-14(17(22)13-16)8-11-23-12-9-19(26)25-18-5-1-3-15-4-2-10-24-20(15)18/h1-7,10,13,23H,8-9,11-12H2,(H,25,26). The molecule has 0 spiro atoms. The number of pyridine rings is 1. The number of nitrogens with one attached hydrogen (secondary N) is 2. The Balaban J connectivity index is 1.44. The molecule has 2 aromatic carbocycles. The molecule has 0 atom stereocenters. The van der Waals surface area contributed by atoms with Gasteiger partial charge >= 0.3 is 0 Å². The smallest absolute Gasteiger partial charge is 0.225 e. The largest absolute Gasteiger partial charge is 0.324 e. The van der Waals surface area contributed by atoms with Gasteiger partial charge in [-0.05, 0) is 42.8 Å². The van der Waals surface area contributed by atoms with Crippen molar-refractivity contribution in [2.24, 2.45) is 0 Å². The maximum Gasteiger partial charge on any atom is 0.225 e. The Morgan fingerprint density at radius 2 is 1.88 bits per heavy atom. The fourth-order valence-corrected chi connectivity index (χ4v) is 3.20. The topological polar surface area (TPSA) is 54.0 Å². The maximum absolute atomic E-state index is 12.2. The molecule has 0 unspecified atom stereocenters. The van der Waals surface area contributed by atoms with E-state index < -0.39 is 0 Å². The van der Waals surface area contributed by atoms with Gasteiger partial charge in [0.2, 0.25) is 5.91 Å². The molecule has 3 rings (SSSR count). The van der Waals surface area contributed by atoms with E-state index in [0.29, 0.717) is 23.0 Å². The minimum atomic E-state index is -0.0415. The summed E-state index contributed by atoms with van der Waals surface area (Å²) < 4.78 is 0. The first-order chi connectivity index (χ1) is 12.6. The van der Waals surface area contributed by atoms with Crippen LogP contribution >= 0.6 is 23.2 Å². The Hall–Kier alpha value is -2.14. The van der Waals surface area contributed by atoms with E-state index in [9.17, 15) is 4.79 Å². The van der Waals surface area contributed by atoms with E-state index in [1.54, 1.807) is 12.3 Å². The molecule has 0 saturated carbocycles. The van der Waals surface area contributed by atoms with Gasteiger partial charge in [-0.3, -0.25) is 9.78 Å². The van der Waals surface area contributed by atoms with Crippen LogP contribution in [-0.4, -0.2) is 24.0 Å². The highest BCUT2D eigenvalue weighted by atomic mass is 35.5. The molecular formula is C20H19Cl2N3O. The Labute approximate surface area is 162 Å². The lowest BCUT2D eigenvalue weighted by atomic mass is 10.1. The molecule has 0 aliphatic rings. The van der Waals surface area contributed by atoms with E-state index in [4.69, 9.17) is 23.2 Å². The number of anilines is 1. The van der Waals surface area contributed by atoms with Crippen molar-refractivity contribution in [3.63, 3.8) is 0 Å². The van der Waals surface area contributed by atoms with Crippen molar-refractivity contribution in [2.45, 2.75) is 12.8 Å². The van der Waals surface area contributed by atoms with Gasteiger partial charge < -0.3 is 10.6 Å². The van der Waals surface area contributed by atoms with Crippen LogP contribution < -0.4 is 10.6 Å². The lowest BCUT2D eigenvalue weighted by molar-refractivity contribution is -0.116. The first kappa shape index (κ1) is 18.6. The molecule has 1 aromatic heterocycles. The van der Waals surface area contributed by atoms with E-state index >= 15 is 0 Å². The number of para-hydroxylation sites is 1. The first-order valence-electron chi connectivity index (χ1n) is 8.42. The van der Waals surface area contributed by atoms with Crippen molar-refractivity contribution in [3.8, 4) is 0 Å².